The van der Waals surface area contributed by atoms with E-state index < -0.39 is 10.4 Å². The van der Waals surface area contributed by atoms with E-state index in [2.05, 4.69) is 38.3 Å². The molecule has 6 nitrogen and oxygen atoms in total. The first-order valence-electron chi connectivity index (χ1n) is 20.9. The Morgan fingerprint density at radius 1 is 0.298 bits per heavy atom. The van der Waals surface area contributed by atoms with Crippen LogP contribution >= 0.6 is 0 Å². The number of unbranched alkanes of at least 4 members (excludes halogenated alkanes) is 28. The molecule has 0 radical (unpaired) electrons. The minimum absolute atomic E-state index is 1.22. The van der Waals surface area contributed by atoms with E-state index in [-0.39, 0.29) is 0 Å². The van der Waals surface area contributed by atoms with Crippen molar-refractivity contribution in [2.24, 2.45) is 0 Å². The Morgan fingerprint density at radius 2 is 0.447 bits per heavy atom. The second-order valence-corrected chi connectivity index (χ2v) is 14.7. The molecule has 0 aliphatic rings. The maximum absolute atomic E-state index is 8.74. The third-order valence-electron chi connectivity index (χ3n) is 8.83. The Morgan fingerprint density at radius 3 is 0.638 bits per heavy atom. The van der Waals surface area contributed by atoms with Crippen LogP contribution in [-0.2, 0) is 10.4 Å². The van der Waals surface area contributed by atoms with Gasteiger partial charge in [0.05, 0.1) is 0 Å². The minimum atomic E-state index is -4.67. The predicted octanol–water partition coefficient (Wildman–Crippen LogP) is 13.1. The molecule has 0 saturated heterocycles. The van der Waals surface area contributed by atoms with Crippen LogP contribution in [-0.4, -0.2) is 43.7 Å². The first kappa shape index (κ1) is 51.2. The summed E-state index contributed by atoms with van der Waals surface area (Å²) in [6.07, 6.45) is 45.9. The second kappa shape index (κ2) is 47.9. The molecule has 4 N–H and O–H groups in total. The number of nitrogens with one attached hydrogen (secondary N) is 2. The summed E-state index contributed by atoms with van der Waals surface area (Å²) in [5.41, 5.74) is 0. The smallest absolute Gasteiger partial charge is 0.317 e. The number of hydrogen-bond acceptors (Lipinski definition) is 4. The fraction of sp³-hybridized carbons (Fsp3) is 1.00. The van der Waals surface area contributed by atoms with Gasteiger partial charge in [0.1, 0.15) is 0 Å². The van der Waals surface area contributed by atoms with Crippen LogP contribution in [0.5, 0.6) is 0 Å². The molecule has 0 aromatic rings. The van der Waals surface area contributed by atoms with Crippen LogP contribution in [0.3, 0.4) is 0 Å². The molecule has 0 aliphatic carbocycles. The minimum Gasteiger partial charge on any atom is -0.317 e. The molecule has 0 spiro atoms. The third-order valence-corrected chi connectivity index (χ3v) is 8.83. The number of rotatable bonds is 36. The van der Waals surface area contributed by atoms with E-state index in [0.717, 1.165) is 0 Å². The standard InChI is InChI=1S/2C20H43N.H2O4S/c2*1-3-5-7-8-9-10-11-12-13-14-15-16-17-18-20-21-19-6-4-2;1-5(2,3)4/h2*21H,3-20H2,1-2H3;(H2,1,2,3,4). The van der Waals surface area contributed by atoms with Crippen LogP contribution in [0.1, 0.15) is 233 Å². The molecule has 7 heteroatoms. The van der Waals surface area contributed by atoms with Gasteiger partial charge in [-0.2, -0.15) is 8.42 Å². The molecule has 47 heavy (non-hydrogen) atoms. The summed E-state index contributed by atoms with van der Waals surface area (Å²) in [5.74, 6) is 0. The Balaban J connectivity index is -0.000000719. The molecule has 288 valence electrons. The highest BCUT2D eigenvalue weighted by atomic mass is 32.3. The normalized spacial score (nSPS) is 11.2. The van der Waals surface area contributed by atoms with Crippen LogP contribution in [0.2, 0.25) is 0 Å². The zero-order chi connectivity index (χ0) is 35.4. The molecule has 0 fully saturated rings. The fourth-order valence-electron chi connectivity index (χ4n) is 5.74. The first-order chi connectivity index (χ1) is 22.8. The van der Waals surface area contributed by atoms with Crippen molar-refractivity contribution in [3.05, 3.63) is 0 Å². The molecule has 0 aliphatic heterocycles. The largest absolute Gasteiger partial charge is 0.394 e. The topological polar surface area (TPSA) is 98.7 Å². The first-order valence-corrected chi connectivity index (χ1v) is 22.3. The highest BCUT2D eigenvalue weighted by Gasteiger charge is 1.96. The fourth-order valence-corrected chi connectivity index (χ4v) is 5.74. The average molecular weight is 693 g/mol. The van der Waals surface area contributed by atoms with Gasteiger partial charge in [-0.25, -0.2) is 0 Å². The van der Waals surface area contributed by atoms with Gasteiger partial charge < -0.3 is 10.6 Å². The summed E-state index contributed by atoms with van der Waals surface area (Å²) in [7, 11) is -4.67. The molecule has 0 amide bonds. The lowest BCUT2D eigenvalue weighted by atomic mass is 10.0. The van der Waals surface area contributed by atoms with Crippen LogP contribution in [0.15, 0.2) is 0 Å². The van der Waals surface area contributed by atoms with Gasteiger partial charge in [-0.15, -0.1) is 0 Å². The van der Waals surface area contributed by atoms with Crippen LogP contribution in [0.4, 0.5) is 0 Å². The van der Waals surface area contributed by atoms with Gasteiger partial charge in [0, 0.05) is 0 Å². The quantitative estimate of drug-likeness (QED) is 0.0385. The number of hydrogen-bond donors (Lipinski definition) is 4. The van der Waals surface area contributed by atoms with Crippen molar-refractivity contribution in [3.8, 4) is 0 Å². The van der Waals surface area contributed by atoms with Gasteiger partial charge in [0.15, 0.2) is 0 Å². The summed E-state index contributed by atoms with van der Waals surface area (Å²) >= 11 is 0. The molecule has 0 rings (SSSR count). The molecule has 0 saturated carbocycles. The van der Waals surface area contributed by atoms with E-state index in [0.29, 0.717) is 0 Å². The Hall–Kier alpha value is -0.210. The molecule has 0 heterocycles. The van der Waals surface area contributed by atoms with Crippen molar-refractivity contribution in [1.82, 2.24) is 10.6 Å². The van der Waals surface area contributed by atoms with E-state index in [1.807, 2.05) is 0 Å². The molecule has 0 bridgehead atoms. The highest BCUT2D eigenvalue weighted by molar-refractivity contribution is 7.79. The Bertz CT molecular complexity index is 537. The summed E-state index contributed by atoms with van der Waals surface area (Å²) in [6.45, 7) is 14.0. The molecular weight excluding hydrogens is 605 g/mol. The Labute approximate surface area is 297 Å². The molecule has 0 unspecified atom stereocenters. The van der Waals surface area contributed by atoms with Crippen LogP contribution in [0.25, 0.3) is 0 Å². The maximum Gasteiger partial charge on any atom is 0.394 e. The molecule has 0 aromatic carbocycles. The lowest BCUT2D eigenvalue weighted by Crippen LogP contribution is -2.16. The van der Waals surface area contributed by atoms with Gasteiger partial charge in [-0.1, -0.05) is 207 Å². The van der Waals surface area contributed by atoms with E-state index >= 15 is 0 Å². The van der Waals surface area contributed by atoms with Gasteiger partial charge in [-0.05, 0) is 51.9 Å². The zero-order valence-electron chi connectivity index (χ0n) is 32.6. The summed E-state index contributed by atoms with van der Waals surface area (Å²) in [5, 5.41) is 7.06. The van der Waals surface area contributed by atoms with Crippen LogP contribution < -0.4 is 10.6 Å². The average Bonchev–Trinajstić information content (AvgIpc) is 3.03. The van der Waals surface area contributed by atoms with E-state index in [1.165, 1.54) is 232 Å². The second-order valence-electron chi connectivity index (χ2n) is 13.8. The highest BCUT2D eigenvalue weighted by Crippen LogP contribution is 2.14. The summed E-state index contributed by atoms with van der Waals surface area (Å²) in [6, 6.07) is 0. The summed E-state index contributed by atoms with van der Waals surface area (Å²) < 4.78 is 31.6. The van der Waals surface area contributed by atoms with Gasteiger partial charge in [0.25, 0.3) is 0 Å². The maximum atomic E-state index is 8.74. The van der Waals surface area contributed by atoms with E-state index in [9.17, 15) is 0 Å². The molecular formula is C40H88N2O4S. The molecule has 0 aromatic heterocycles. The van der Waals surface area contributed by atoms with Gasteiger partial charge >= 0.3 is 10.4 Å². The van der Waals surface area contributed by atoms with Gasteiger partial charge in [-0.3, -0.25) is 9.11 Å². The van der Waals surface area contributed by atoms with Gasteiger partial charge in [0.2, 0.25) is 0 Å². The van der Waals surface area contributed by atoms with Crippen molar-refractivity contribution < 1.29 is 17.5 Å². The van der Waals surface area contributed by atoms with Crippen molar-refractivity contribution in [3.63, 3.8) is 0 Å². The SMILES string of the molecule is CCCCCCCCCCCCCCCCNCCCC.CCCCCCCCCCCCCCCCNCCCC.O=S(=O)(O)O. The third kappa shape index (κ3) is 68.5. The van der Waals surface area contributed by atoms with Crippen molar-refractivity contribution >= 4 is 10.4 Å². The lowest BCUT2D eigenvalue weighted by molar-refractivity contribution is 0.381. The lowest BCUT2D eigenvalue weighted by Gasteiger charge is -2.04. The van der Waals surface area contributed by atoms with Crippen molar-refractivity contribution in [1.29, 1.82) is 0 Å². The van der Waals surface area contributed by atoms with E-state index in [1.54, 1.807) is 0 Å². The predicted molar refractivity (Wildman–Crippen MR) is 210 cm³/mol. The van der Waals surface area contributed by atoms with Crippen molar-refractivity contribution in [2.75, 3.05) is 26.2 Å². The molecule has 0 atom stereocenters. The monoisotopic (exact) mass is 693 g/mol. The van der Waals surface area contributed by atoms with Crippen LogP contribution in [0, 0.1) is 0 Å². The van der Waals surface area contributed by atoms with Crippen molar-refractivity contribution in [2.45, 2.75) is 233 Å². The summed E-state index contributed by atoms with van der Waals surface area (Å²) in [4.78, 5) is 0. The van der Waals surface area contributed by atoms with E-state index in [4.69, 9.17) is 17.5 Å². The Kier molecular flexibility index (Phi) is 52.1. The zero-order valence-corrected chi connectivity index (χ0v) is 33.4.